The molecule has 1 aromatic carbocycles. The maximum Gasteiger partial charge on any atom is 0.227 e. The summed E-state index contributed by atoms with van der Waals surface area (Å²) in [5.74, 6) is -0.0737. The molecule has 0 saturated carbocycles. The Bertz CT molecular complexity index is 742. The lowest BCUT2D eigenvalue weighted by molar-refractivity contribution is -0.138. The summed E-state index contributed by atoms with van der Waals surface area (Å²) in [5.41, 5.74) is 2.57. The molecule has 6 nitrogen and oxygen atoms in total. The predicted octanol–water partition coefficient (Wildman–Crippen LogP) is 1.31. The van der Waals surface area contributed by atoms with E-state index in [4.69, 9.17) is 0 Å². The number of hydrogen-bond acceptors (Lipinski definition) is 4. The predicted molar refractivity (Wildman–Crippen MR) is 102 cm³/mol. The Balaban J connectivity index is 1.52. The van der Waals surface area contributed by atoms with Gasteiger partial charge in [-0.05, 0) is 25.3 Å². The third-order valence-electron chi connectivity index (χ3n) is 5.38. The molecule has 0 radical (unpaired) electrons. The highest BCUT2D eigenvalue weighted by Gasteiger charge is 2.33. The maximum absolute atomic E-state index is 12.8. The van der Waals surface area contributed by atoms with E-state index in [-0.39, 0.29) is 11.8 Å². The number of carbonyl (C=O) groups is 1. The van der Waals surface area contributed by atoms with Gasteiger partial charge in [0.15, 0.2) is 0 Å². The van der Waals surface area contributed by atoms with E-state index in [9.17, 15) is 13.2 Å². The van der Waals surface area contributed by atoms with Crippen LogP contribution in [-0.4, -0.2) is 74.0 Å². The van der Waals surface area contributed by atoms with E-state index >= 15 is 0 Å². The Morgan fingerprint density at radius 3 is 2.54 bits per heavy atom. The average molecular weight is 380 g/mol. The van der Waals surface area contributed by atoms with Gasteiger partial charge in [-0.2, -0.15) is 0 Å². The molecule has 0 aromatic heterocycles. The van der Waals surface area contributed by atoms with Crippen molar-refractivity contribution in [2.24, 2.45) is 5.92 Å². The zero-order valence-corrected chi connectivity index (χ0v) is 16.5. The van der Waals surface area contributed by atoms with Crippen LogP contribution in [0.15, 0.2) is 24.3 Å². The van der Waals surface area contributed by atoms with Crippen molar-refractivity contribution >= 4 is 15.9 Å². The van der Waals surface area contributed by atoms with E-state index < -0.39 is 10.0 Å². The van der Waals surface area contributed by atoms with Crippen molar-refractivity contribution in [3.63, 3.8) is 0 Å². The summed E-state index contributed by atoms with van der Waals surface area (Å²) >= 11 is 0. The summed E-state index contributed by atoms with van der Waals surface area (Å²) in [6.07, 6.45) is 2.77. The molecule has 2 aliphatic rings. The van der Waals surface area contributed by atoms with Crippen molar-refractivity contribution in [2.75, 3.05) is 45.5 Å². The van der Waals surface area contributed by atoms with Crippen molar-refractivity contribution in [1.82, 2.24) is 14.1 Å². The second-order valence-corrected chi connectivity index (χ2v) is 9.53. The lowest BCUT2D eigenvalue weighted by Gasteiger charge is -2.38. The van der Waals surface area contributed by atoms with Gasteiger partial charge in [-0.1, -0.05) is 29.8 Å². The van der Waals surface area contributed by atoms with Gasteiger partial charge in [0, 0.05) is 45.8 Å². The summed E-state index contributed by atoms with van der Waals surface area (Å²) in [5, 5.41) is 0. The highest BCUT2D eigenvalue weighted by molar-refractivity contribution is 7.88. The molecule has 2 fully saturated rings. The molecular formula is C19H29N3O3S. The maximum atomic E-state index is 12.8. The third-order valence-corrected chi connectivity index (χ3v) is 6.64. The minimum Gasteiger partial charge on any atom is -0.340 e. The van der Waals surface area contributed by atoms with E-state index in [2.05, 4.69) is 36.1 Å². The van der Waals surface area contributed by atoms with Gasteiger partial charge in [-0.3, -0.25) is 9.69 Å². The molecule has 1 unspecified atom stereocenters. The molecule has 26 heavy (non-hydrogen) atoms. The van der Waals surface area contributed by atoms with Gasteiger partial charge >= 0.3 is 0 Å². The van der Waals surface area contributed by atoms with Gasteiger partial charge in [-0.15, -0.1) is 0 Å². The van der Waals surface area contributed by atoms with Crippen LogP contribution < -0.4 is 0 Å². The summed E-state index contributed by atoms with van der Waals surface area (Å²) < 4.78 is 25.0. The first-order valence-electron chi connectivity index (χ1n) is 9.35. The zero-order chi connectivity index (χ0) is 18.7. The van der Waals surface area contributed by atoms with Crippen molar-refractivity contribution in [1.29, 1.82) is 0 Å². The van der Waals surface area contributed by atoms with Crippen molar-refractivity contribution < 1.29 is 13.2 Å². The summed E-state index contributed by atoms with van der Waals surface area (Å²) in [4.78, 5) is 17.1. The molecule has 144 valence electrons. The van der Waals surface area contributed by atoms with Gasteiger partial charge < -0.3 is 4.90 Å². The molecule has 0 spiro atoms. The number of rotatable bonds is 4. The van der Waals surface area contributed by atoms with Crippen molar-refractivity contribution in [2.45, 2.75) is 26.3 Å². The second-order valence-electron chi connectivity index (χ2n) is 7.55. The smallest absolute Gasteiger partial charge is 0.227 e. The lowest BCUT2D eigenvalue weighted by atomic mass is 9.97. The fourth-order valence-corrected chi connectivity index (χ4v) is 4.81. The summed E-state index contributed by atoms with van der Waals surface area (Å²) in [6, 6.07) is 8.54. The molecule has 1 aromatic rings. The second kappa shape index (κ2) is 8.06. The molecule has 7 heteroatoms. The molecule has 0 aliphatic carbocycles. The topological polar surface area (TPSA) is 60.9 Å². The highest BCUT2D eigenvalue weighted by Crippen LogP contribution is 2.21. The normalized spacial score (nSPS) is 23.2. The van der Waals surface area contributed by atoms with E-state index in [1.807, 2.05) is 4.90 Å². The van der Waals surface area contributed by atoms with Gasteiger partial charge in [0.2, 0.25) is 15.9 Å². The molecule has 2 saturated heterocycles. The fourth-order valence-electron chi connectivity index (χ4n) is 3.90. The third kappa shape index (κ3) is 4.84. The Morgan fingerprint density at radius 1 is 1.15 bits per heavy atom. The molecular weight excluding hydrogens is 350 g/mol. The number of hydrogen-bond donors (Lipinski definition) is 0. The first-order valence-corrected chi connectivity index (χ1v) is 11.2. The Morgan fingerprint density at radius 2 is 1.88 bits per heavy atom. The van der Waals surface area contributed by atoms with Crippen LogP contribution in [0.3, 0.4) is 0 Å². The van der Waals surface area contributed by atoms with Crippen LogP contribution in [-0.2, 0) is 21.4 Å². The van der Waals surface area contributed by atoms with Crippen molar-refractivity contribution in [3.8, 4) is 0 Å². The number of carbonyl (C=O) groups excluding carboxylic acids is 1. The fraction of sp³-hybridized carbons (Fsp3) is 0.632. The number of piperazine rings is 1. The van der Waals surface area contributed by atoms with E-state index in [0.717, 1.165) is 45.6 Å². The number of piperidine rings is 1. The van der Waals surface area contributed by atoms with Gasteiger partial charge in [0.1, 0.15) is 0 Å². The number of amides is 1. The molecule has 0 bridgehead atoms. The van der Waals surface area contributed by atoms with Crippen LogP contribution in [0.2, 0.25) is 0 Å². The number of sulfonamides is 1. The SMILES string of the molecule is Cc1cccc(CN2CCN(C(=O)C3CCCN(S(C)(=O)=O)C3)CC2)c1. The summed E-state index contributed by atoms with van der Waals surface area (Å²) in [7, 11) is -3.22. The Kier molecular flexibility index (Phi) is 5.99. The van der Waals surface area contributed by atoms with E-state index in [0.29, 0.717) is 13.1 Å². The number of nitrogens with zero attached hydrogens (tertiary/aromatic N) is 3. The van der Waals surface area contributed by atoms with Crippen LogP contribution in [0, 0.1) is 12.8 Å². The Labute approximate surface area is 156 Å². The molecule has 1 atom stereocenters. The first-order chi connectivity index (χ1) is 12.3. The van der Waals surface area contributed by atoms with Gasteiger partial charge in [0.05, 0.1) is 12.2 Å². The highest BCUT2D eigenvalue weighted by atomic mass is 32.2. The van der Waals surface area contributed by atoms with Gasteiger partial charge in [-0.25, -0.2) is 12.7 Å². The average Bonchev–Trinajstić information content (AvgIpc) is 2.61. The van der Waals surface area contributed by atoms with Crippen LogP contribution in [0.25, 0.3) is 0 Å². The lowest BCUT2D eigenvalue weighted by Crippen LogP contribution is -2.52. The molecule has 3 rings (SSSR count). The minimum absolute atomic E-state index is 0.119. The first kappa shape index (κ1) is 19.3. The Hall–Kier alpha value is -1.44. The zero-order valence-electron chi connectivity index (χ0n) is 15.7. The standard InChI is InChI=1S/C19H29N3O3S/c1-16-5-3-6-17(13-16)14-20-9-11-21(12-10-20)19(23)18-7-4-8-22(15-18)26(2,24)25/h3,5-6,13,18H,4,7-12,14-15H2,1-2H3. The monoisotopic (exact) mass is 379 g/mol. The minimum atomic E-state index is -3.22. The molecule has 1 amide bonds. The molecule has 2 aliphatic heterocycles. The molecule has 2 heterocycles. The summed E-state index contributed by atoms with van der Waals surface area (Å²) in [6.45, 7) is 7.05. The molecule has 0 N–H and O–H groups in total. The van der Waals surface area contributed by atoms with Crippen LogP contribution in [0.4, 0.5) is 0 Å². The van der Waals surface area contributed by atoms with E-state index in [1.165, 1.54) is 21.7 Å². The largest absolute Gasteiger partial charge is 0.340 e. The van der Waals surface area contributed by atoms with Crippen LogP contribution >= 0.6 is 0 Å². The van der Waals surface area contributed by atoms with E-state index in [1.54, 1.807) is 0 Å². The van der Waals surface area contributed by atoms with Gasteiger partial charge in [0.25, 0.3) is 0 Å². The van der Waals surface area contributed by atoms with Crippen LogP contribution in [0.1, 0.15) is 24.0 Å². The quantitative estimate of drug-likeness (QED) is 0.791. The number of aryl methyl sites for hydroxylation is 1. The number of benzene rings is 1. The van der Waals surface area contributed by atoms with Crippen LogP contribution in [0.5, 0.6) is 0 Å². The van der Waals surface area contributed by atoms with Crippen molar-refractivity contribution in [3.05, 3.63) is 35.4 Å².